The summed E-state index contributed by atoms with van der Waals surface area (Å²) in [6.45, 7) is 3.23. The topological polar surface area (TPSA) is 105 Å². The lowest BCUT2D eigenvalue weighted by Crippen LogP contribution is -2.42. The van der Waals surface area contributed by atoms with Crippen molar-refractivity contribution in [2.24, 2.45) is 0 Å². The largest absolute Gasteiger partial charge is 0.480 e. The van der Waals surface area contributed by atoms with E-state index >= 15 is 0 Å². The van der Waals surface area contributed by atoms with Crippen molar-refractivity contribution in [1.82, 2.24) is 15.5 Å². The summed E-state index contributed by atoms with van der Waals surface area (Å²) in [6, 6.07) is 2.38. The van der Waals surface area contributed by atoms with Crippen LogP contribution in [0, 0.1) is 13.8 Å². The van der Waals surface area contributed by atoms with Gasteiger partial charge in [0.2, 0.25) is 0 Å². The molecule has 2 rings (SSSR count). The highest BCUT2D eigenvalue weighted by Gasteiger charge is 2.24. The van der Waals surface area contributed by atoms with Gasteiger partial charge in [0, 0.05) is 18.8 Å². The SMILES string of the molecule is Cc1noc(C)c1C(=O)NC(Cc1ccncc1)C(=O)O. The lowest BCUT2D eigenvalue weighted by atomic mass is 10.1. The van der Waals surface area contributed by atoms with Crippen molar-refractivity contribution in [2.75, 3.05) is 0 Å². The van der Waals surface area contributed by atoms with Crippen molar-refractivity contribution >= 4 is 11.9 Å². The fraction of sp³-hybridized carbons (Fsp3) is 0.286. The Hall–Kier alpha value is -2.70. The third-order valence-corrected chi connectivity index (χ3v) is 3.05. The van der Waals surface area contributed by atoms with Crippen LogP contribution in [0.5, 0.6) is 0 Å². The maximum absolute atomic E-state index is 12.2. The van der Waals surface area contributed by atoms with Gasteiger partial charge in [-0.2, -0.15) is 0 Å². The van der Waals surface area contributed by atoms with E-state index in [0.717, 1.165) is 5.56 Å². The Balaban J connectivity index is 2.14. The highest BCUT2D eigenvalue weighted by molar-refractivity contribution is 5.98. The zero-order chi connectivity index (χ0) is 15.4. The first-order chi connectivity index (χ1) is 9.99. The number of rotatable bonds is 5. The van der Waals surface area contributed by atoms with E-state index in [1.54, 1.807) is 38.4 Å². The van der Waals surface area contributed by atoms with E-state index in [2.05, 4.69) is 15.5 Å². The number of aromatic nitrogens is 2. The number of carboxylic acids is 1. The molecular weight excluding hydrogens is 274 g/mol. The predicted octanol–water partition coefficient (Wildman–Crippen LogP) is 1.11. The molecule has 0 saturated heterocycles. The molecule has 110 valence electrons. The Kier molecular flexibility index (Phi) is 4.32. The summed E-state index contributed by atoms with van der Waals surface area (Å²) in [4.78, 5) is 27.3. The van der Waals surface area contributed by atoms with E-state index < -0.39 is 17.9 Å². The first-order valence-electron chi connectivity index (χ1n) is 6.34. The van der Waals surface area contributed by atoms with Crippen LogP contribution in [0.3, 0.4) is 0 Å². The number of nitrogens with one attached hydrogen (secondary N) is 1. The van der Waals surface area contributed by atoms with Gasteiger partial charge in [0.05, 0.1) is 5.69 Å². The quantitative estimate of drug-likeness (QED) is 0.854. The number of carbonyl (C=O) groups excluding carboxylic acids is 1. The number of aryl methyl sites for hydroxylation is 2. The fourth-order valence-corrected chi connectivity index (χ4v) is 1.99. The Bertz CT molecular complexity index is 632. The summed E-state index contributed by atoms with van der Waals surface area (Å²) in [7, 11) is 0. The molecule has 2 heterocycles. The molecule has 2 N–H and O–H groups in total. The van der Waals surface area contributed by atoms with E-state index in [4.69, 9.17) is 4.52 Å². The molecule has 0 aromatic carbocycles. The molecule has 7 nitrogen and oxygen atoms in total. The zero-order valence-electron chi connectivity index (χ0n) is 11.7. The molecule has 0 saturated carbocycles. The second-order valence-corrected chi connectivity index (χ2v) is 4.62. The van der Waals surface area contributed by atoms with Crippen molar-refractivity contribution in [3.63, 3.8) is 0 Å². The number of aliphatic carboxylic acids is 1. The molecule has 21 heavy (non-hydrogen) atoms. The minimum atomic E-state index is -1.10. The molecule has 2 aromatic heterocycles. The molecule has 7 heteroatoms. The van der Waals surface area contributed by atoms with E-state index in [0.29, 0.717) is 11.5 Å². The Morgan fingerprint density at radius 1 is 1.33 bits per heavy atom. The average molecular weight is 289 g/mol. The highest BCUT2D eigenvalue weighted by atomic mass is 16.5. The number of amides is 1. The van der Waals surface area contributed by atoms with Crippen LogP contribution in [-0.2, 0) is 11.2 Å². The third-order valence-electron chi connectivity index (χ3n) is 3.05. The number of pyridine rings is 1. The van der Waals surface area contributed by atoms with Crippen LogP contribution in [0.2, 0.25) is 0 Å². The smallest absolute Gasteiger partial charge is 0.326 e. The molecule has 0 spiro atoms. The molecule has 2 aromatic rings. The molecular formula is C14H15N3O4. The monoisotopic (exact) mass is 289 g/mol. The summed E-state index contributed by atoms with van der Waals surface area (Å²) in [5.74, 6) is -1.25. The van der Waals surface area contributed by atoms with Crippen LogP contribution in [0.1, 0.15) is 27.4 Å². The Morgan fingerprint density at radius 2 is 2.00 bits per heavy atom. The van der Waals surface area contributed by atoms with E-state index in [1.165, 1.54) is 0 Å². The number of hydrogen-bond donors (Lipinski definition) is 2. The number of nitrogens with zero attached hydrogens (tertiary/aromatic N) is 2. The first kappa shape index (κ1) is 14.7. The van der Waals surface area contributed by atoms with Gasteiger partial charge in [-0.15, -0.1) is 0 Å². The number of carboxylic acid groups (broad SMARTS) is 1. The van der Waals surface area contributed by atoms with Gasteiger partial charge in [-0.1, -0.05) is 5.16 Å². The molecule has 1 atom stereocenters. The second kappa shape index (κ2) is 6.17. The molecule has 1 amide bonds. The lowest BCUT2D eigenvalue weighted by molar-refractivity contribution is -0.139. The molecule has 0 fully saturated rings. The average Bonchev–Trinajstić information content (AvgIpc) is 2.78. The van der Waals surface area contributed by atoms with Gasteiger partial charge in [-0.05, 0) is 31.5 Å². The molecule has 0 radical (unpaired) electrons. The maximum Gasteiger partial charge on any atom is 0.326 e. The van der Waals surface area contributed by atoms with Gasteiger partial charge in [-0.3, -0.25) is 9.78 Å². The van der Waals surface area contributed by atoms with Gasteiger partial charge < -0.3 is 14.9 Å². The number of carbonyl (C=O) groups is 2. The van der Waals surface area contributed by atoms with Gasteiger partial charge >= 0.3 is 5.97 Å². The first-order valence-corrected chi connectivity index (χ1v) is 6.34. The van der Waals surface area contributed by atoms with Gasteiger partial charge in [-0.25, -0.2) is 4.79 Å². The van der Waals surface area contributed by atoms with Gasteiger partial charge in [0.1, 0.15) is 17.4 Å². The fourth-order valence-electron chi connectivity index (χ4n) is 1.99. The molecule has 0 aliphatic heterocycles. The molecule has 1 unspecified atom stereocenters. The van der Waals surface area contributed by atoms with Gasteiger partial charge in [0.15, 0.2) is 0 Å². The molecule has 0 aliphatic rings. The van der Waals surface area contributed by atoms with Crippen molar-refractivity contribution < 1.29 is 19.2 Å². The predicted molar refractivity (Wildman–Crippen MR) is 72.8 cm³/mol. The number of hydrogen-bond acceptors (Lipinski definition) is 5. The summed E-state index contributed by atoms with van der Waals surface area (Å²) in [5, 5.41) is 15.4. The summed E-state index contributed by atoms with van der Waals surface area (Å²) < 4.78 is 4.91. The summed E-state index contributed by atoms with van der Waals surface area (Å²) in [5.41, 5.74) is 1.48. The molecule has 0 aliphatic carbocycles. The normalized spacial score (nSPS) is 11.9. The Labute approximate surface area is 121 Å². The maximum atomic E-state index is 12.2. The standard InChI is InChI=1S/C14H15N3O4/c1-8-12(9(2)21-17-8)13(18)16-11(14(19)20)7-10-3-5-15-6-4-10/h3-6,11H,7H2,1-2H3,(H,16,18)(H,19,20). The van der Waals surface area contributed by atoms with Crippen LogP contribution in [0.15, 0.2) is 29.0 Å². The summed E-state index contributed by atoms with van der Waals surface area (Å²) >= 11 is 0. The van der Waals surface area contributed by atoms with Crippen LogP contribution in [0.25, 0.3) is 0 Å². The van der Waals surface area contributed by atoms with Crippen molar-refractivity contribution in [3.05, 3.63) is 47.1 Å². The van der Waals surface area contributed by atoms with Crippen molar-refractivity contribution in [2.45, 2.75) is 26.3 Å². The van der Waals surface area contributed by atoms with E-state index in [1.807, 2.05) is 0 Å². The van der Waals surface area contributed by atoms with E-state index in [9.17, 15) is 14.7 Å². The second-order valence-electron chi connectivity index (χ2n) is 4.62. The van der Waals surface area contributed by atoms with Crippen LogP contribution >= 0.6 is 0 Å². The van der Waals surface area contributed by atoms with E-state index in [-0.39, 0.29) is 12.0 Å². The minimum Gasteiger partial charge on any atom is -0.480 e. The highest BCUT2D eigenvalue weighted by Crippen LogP contribution is 2.12. The van der Waals surface area contributed by atoms with Crippen LogP contribution in [-0.4, -0.2) is 33.2 Å². The zero-order valence-corrected chi connectivity index (χ0v) is 11.7. The molecule has 0 bridgehead atoms. The lowest BCUT2D eigenvalue weighted by Gasteiger charge is -2.14. The van der Waals surface area contributed by atoms with Gasteiger partial charge in [0.25, 0.3) is 5.91 Å². The van der Waals surface area contributed by atoms with Crippen LogP contribution < -0.4 is 5.32 Å². The van der Waals surface area contributed by atoms with Crippen molar-refractivity contribution in [1.29, 1.82) is 0 Å². The minimum absolute atomic E-state index is 0.174. The van der Waals surface area contributed by atoms with Crippen molar-refractivity contribution in [3.8, 4) is 0 Å². The van der Waals surface area contributed by atoms with Crippen LogP contribution in [0.4, 0.5) is 0 Å². The Morgan fingerprint density at radius 3 is 2.52 bits per heavy atom. The third kappa shape index (κ3) is 3.44. The summed E-state index contributed by atoms with van der Waals surface area (Å²) in [6.07, 6.45) is 3.32.